The van der Waals surface area contributed by atoms with Crippen LogP contribution in [-0.2, 0) is 18.9 Å². The van der Waals surface area contributed by atoms with Crippen LogP contribution in [-0.4, -0.2) is 33.1 Å². The lowest BCUT2D eigenvalue weighted by Crippen LogP contribution is -2.40. The summed E-state index contributed by atoms with van der Waals surface area (Å²) < 4.78 is 43.3. The predicted octanol–water partition coefficient (Wildman–Crippen LogP) is 0.522. The third-order valence-corrected chi connectivity index (χ3v) is 7.51. The Morgan fingerprint density at radius 3 is 2.07 bits per heavy atom. The molecule has 1 saturated heterocycles. The van der Waals surface area contributed by atoms with E-state index in [2.05, 4.69) is 0 Å². The van der Waals surface area contributed by atoms with E-state index in [0.29, 0.717) is 19.3 Å². The average Bonchev–Trinajstić information content (AvgIpc) is 2.62. The first-order chi connectivity index (χ1) is 6.24. The maximum Gasteiger partial charge on any atom is 0.238 e. The van der Waals surface area contributed by atoms with Crippen molar-refractivity contribution in [2.75, 3.05) is 11.5 Å². The summed E-state index contributed by atoms with van der Waals surface area (Å²) in [6.07, 6.45) is 1.57. The van der Waals surface area contributed by atoms with E-state index in [4.69, 9.17) is 10.7 Å². The fourth-order valence-electron chi connectivity index (χ4n) is 2.00. The Morgan fingerprint density at radius 1 is 1.29 bits per heavy atom. The van der Waals surface area contributed by atoms with Crippen LogP contribution in [0.2, 0.25) is 0 Å². The van der Waals surface area contributed by atoms with Crippen LogP contribution in [0.5, 0.6) is 0 Å². The molecule has 7 heteroatoms. The molecule has 0 amide bonds. The van der Waals surface area contributed by atoms with Gasteiger partial charge in [0.25, 0.3) is 0 Å². The Hall–Kier alpha value is 0.190. The van der Waals surface area contributed by atoms with Crippen molar-refractivity contribution >= 4 is 29.6 Å². The summed E-state index contributed by atoms with van der Waals surface area (Å²) in [6.45, 7) is 0. The molecule has 0 aromatic rings. The highest BCUT2D eigenvalue weighted by Gasteiger charge is 2.56. The second kappa shape index (κ2) is 2.86. The summed E-state index contributed by atoms with van der Waals surface area (Å²) in [5.74, 6) is 0.249. The third-order valence-electron chi connectivity index (χ3n) is 2.96. The third kappa shape index (κ3) is 1.79. The van der Waals surface area contributed by atoms with Gasteiger partial charge in [-0.15, -0.1) is 0 Å². The zero-order valence-corrected chi connectivity index (χ0v) is 9.83. The molecule has 82 valence electrons. The van der Waals surface area contributed by atoms with Gasteiger partial charge in [-0.25, -0.2) is 16.8 Å². The highest BCUT2D eigenvalue weighted by Crippen LogP contribution is 2.51. The van der Waals surface area contributed by atoms with Gasteiger partial charge < -0.3 is 0 Å². The highest BCUT2D eigenvalue weighted by atomic mass is 35.7. The van der Waals surface area contributed by atoms with Crippen LogP contribution in [0.4, 0.5) is 0 Å². The minimum absolute atomic E-state index is 0.00368. The van der Waals surface area contributed by atoms with E-state index < -0.39 is 23.6 Å². The van der Waals surface area contributed by atoms with Gasteiger partial charge >= 0.3 is 0 Å². The Morgan fingerprint density at radius 2 is 1.79 bits per heavy atom. The molecule has 1 aliphatic heterocycles. The first-order valence-electron chi connectivity index (χ1n) is 4.39. The molecule has 0 radical (unpaired) electrons. The molecule has 2 fully saturated rings. The van der Waals surface area contributed by atoms with Crippen LogP contribution >= 0.6 is 10.7 Å². The fourth-order valence-corrected chi connectivity index (χ4v) is 5.25. The van der Waals surface area contributed by atoms with Crippen molar-refractivity contribution in [1.29, 1.82) is 0 Å². The maximum absolute atomic E-state index is 11.2. The van der Waals surface area contributed by atoms with E-state index in [0.717, 1.165) is 0 Å². The molecular weight excluding hydrogens is 248 g/mol. The number of halogens is 1. The predicted molar refractivity (Wildman–Crippen MR) is 53.5 cm³/mol. The number of hydrogen-bond acceptors (Lipinski definition) is 4. The summed E-state index contributed by atoms with van der Waals surface area (Å²) >= 11 is 0. The molecule has 1 heterocycles. The molecular formula is C7H11ClO4S2. The van der Waals surface area contributed by atoms with Crippen molar-refractivity contribution in [2.24, 2.45) is 5.92 Å². The monoisotopic (exact) mass is 258 g/mol. The van der Waals surface area contributed by atoms with Crippen LogP contribution in [0.15, 0.2) is 0 Å². The lowest BCUT2D eigenvalue weighted by Gasteiger charge is -2.28. The Kier molecular flexibility index (Phi) is 2.18. The standard InChI is InChI=1S/C7H11ClO4S2/c8-14(11,12)7(1-2-7)3-6-4-13(9,10)5-6/h6H,1-5H2. The molecule has 0 unspecified atom stereocenters. The van der Waals surface area contributed by atoms with Gasteiger partial charge in [0.1, 0.15) is 0 Å². The Labute approximate surface area is 88.0 Å². The molecule has 0 N–H and O–H groups in total. The largest absolute Gasteiger partial charge is 0.238 e. The van der Waals surface area contributed by atoms with Crippen LogP contribution in [0.25, 0.3) is 0 Å². The molecule has 1 saturated carbocycles. The van der Waals surface area contributed by atoms with E-state index in [1.165, 1.54) is 0 Å². The quantitative estimate of drug-likeness (QED) is 0.693. The van der Waals surface area contributed by atoms with E-state index in [1.807, 2.05) is 0 Å². The van der Waals surface area contributed by atoms with Gasteiger partial charge in [-0.05, 0) is 25.2 Å². The van der Waals surface area contributed by atoms with Gasteiger partial charge in [0.05, 0.1) is 16.3 Å². The molecule has 0 spiro atoms. The lowest BCUT2D eigenvalue weighted by molar-refractivity contribution is 0.476. The van der Waals surface area contributed by atoms with Crippen molar-refractivity contribution in [3.63, 3.8) is 0 Å². The smallest absolute Gasteiger partial charge is 0.229 e. The van der Waals surface area contributed by atoms with Crippen LogP contribution in [0, 0.1) is 5.92 Å². The Balaban J connectivity index is 2.01. The normalized spacial score (nSPS) is 29.5. The van der Waals surface area contributed by atoms with Gasteiger partial charge in [-0.1, -0.05) is 0 Å². The van der Waals surface area contributed by atoms with Crippen molar-refractivity contribution in [2.45, 2.75) is 24.0 Å². The molecule has 2 aliphatic rings. The average molecular weight is 259 g/mol. The number of rotatable bonds is 3. The molecule has 4 nitrogen and oxygen atoms in total. The van der Waals surface area contributed by atoms with E-state index in [-0.39, 0.29) is 17.4 Å². The van der Waals surface area contributed by atoms with Gasteiger partial charge in [-0.3, -0.25) is 0 Å². The number of sulfone groups is 1. The van der Waals surface area contributed by atoms with Gasteiger partial charge in [-0.2, -0.15) is 0 Å². The first kappa shape index (κ1) is 10.7. The zero-order chi connectivity index (χ0) is 10.6. The summed E-state index contributed by atoms with van der Waals surface area (Å²) in [5.41, 5.74) is 0. The lowest BCUT2D eigenvalue weighted by atomic mass is 10.1. The second-order valence-electron chi connectivity index (χ2n) is 4.27. The summed E-state index contributed by atoms with van der Waals surface area (Å²) in [7, 11) is -1.07. The first-order valence-corrected chi connectivity index (χ1v) is 8.52. The molecule has 0 aromatic heterocycles. The molecule has 14 heavy (non-hydrogen) atoms. The molecule has 2 rings (SSSR count). The summed E-state index contributed by atoms with van der Waals surface area (Å²) in [5, 5.41) is 0. The van der Waals surface area contributed by atoms with Crippen molar-refractivity contribution in [1.82, 2.24) is 0 Å². The molecule has 0 atom stereocenters. The Bertz CT molecular complexity index is 434. The van der Waals surface area contributed by atoms with Gasteiger partial charge in [0, 0.05) is 10.7 Å². The van der Waals surface area contributed by atoms with Gasteiger partial charge in [0.2, 0.25) is 9.05 Å². The number of hydrogen-bond donors (Lipinski definition) is 0. The fraction of sp³-hybridized carbons (Fsp3) is 1.00. The van der Waals surface area contributed by atoms with E-state index >= 15 is 0 Å². The second-order valence-corrected chi connectivity index (χ2v) is 9.38. The molecule has 1 aliphatic carbocycles. The van der Waals surface area contributed by atoms with Crippen molar-refractivity contribution in [3.8, 4) is 0 Å². The SMILES string of the molecule is O=S1(=O)CC(CC2(S(=O)(=O)Cl)CC2)C1. The zero-order valence-electron chi connectivity index (χ0n) is 7.44. The highest BCUT2D eigenvalue weighted by molar-refractivity contribution is 8.15. The molecule has 0 aromatic carbocycles. The van der Waals surface area contributed by atoms with Crippen molar-refractivity contribution < 1.29 is 16.8 Å². The maximum atomic E-state index is 11.2. The van der Waals surface area contributed by atoms with E-state index in [1.54, 1.807) is 0 Å². The minimum Gasteiger partial charge on any atom is -0.229 e. The van der Waals surface area contributed by atoms with Crippen LogP contribution < -0.4 is 0 Å². The topological polar surface area (TPSA) is 68.3 Å². The summed E-state index contributed by atoms with van der Waals surface area (Å²) in [6, 6.07) is 0. The van der Waals surface area contributed by atoms with Crippen LogP contribution in [0.3, 0.4) is 0 Å². The van der Waals surface area contributed by atoms with Crippen LogP contribution in [0.1, 0.15) is 19.3 Å². The van der Waals surface area contributed by atoms with E-state index in [9.17, 15) is 16.8 Å². The van der Waals surface area contributed by atoms with Gasteiger partial charge in [0.15, 0.2) is 9.84 Å². The van der Waals surface area contributed by atoms with Crippen molar-refractivity contribution in [3.05, 3.63) is 0 Å². The summed E-state index contributed by atoms with van der Waals surface area (Å²) in [4.78, 5) is 0. The minimum atomic E-state index is -3.52. The molecule has 0 bridgehead atoms.